The summed E-state index contributed by atoms with van der Waals surface area (Å²) in [6.07, 6.45) is 17.4. The molecule has 0 aromatic heterocycles. The molecule has 0 saturated carbocycles. The number of carbonyl (C=O) groups excluding carboxylic acids is 1. The normalized spacial score (nSPS) is 12.3. The molecule has 0 aliphatic carbocycles. The molecule has 0 fully saturated rings. The van der Waals surface area contributed by atoms with Crippen molar-refractivity contribution in [2.24, 2.45) is 0 Å². The Morgan fingerprint density at radius 1 is 0.818 bits per heavy atom. The molecule has 2 N–H and O–H groups in total. The van der Waals surface area contributed by atoms with E-state index in [1.54, 1.807) is 6.92 Å². The lowest BCUT2D eigenvalue weighted by atomic mass is 10.0. The third-order valence-corrected chi connectivity index (χ3v) is 4.10. The van der Waals surface area contributed by atoms with Gasteiger partial charge in [-0.25, -0.2) is 0 Å². The zero-order valence-corrected chi connectivity index (χ0v) is 15.0. The molecule has 0 unspecified atom stereocenters. The van der Waals surface area contributed by atoms with Gasteiger partial charge in [-0.1, -0.05) is 84.0 Å². The molecule has 3 heteroatoms. The lowest BCUT2D eigenvalue weighted by Gasteiger charge is -2.07. The fourth-order valence-corrected chi connectivity index (χ4v) is 2.65. The van der Waals surface area contributed by atoms with E-state index in [2.05, 4.69) is 12.2 Å². The van der Waals surface area contributed by atoms with Gasteiger partial charge in [-0.15, -0.1) is 0 Å². The number of hydrogen-bond donors (Lipinski definition) is 2. The zero-order chi connectivity index (χ0) is 16.5. The molecule has 132 valence electrons. The third-order valence-electron chi connectivity index (χ3n) is 4.10. The van der Waals surface area contributed by atoms with Crippen LogP contribution in [0.4, 0.5) is 0 Å². The molecule has 22 heavy (non-hydrogen) atoms. The first-order valence-electron chi connectivity index (χ1n) is 9.61. The molecular weight excluding hydrogens is 274 g/mol. The maximum absolute atomic E-state index is 11.4. The Kier molecular flexibility index (Phi) is 16.4. The predicted molar refractivity (Wildman–Crippen MR) is 95.0 cm³/mol. The number of amides is 1. The van der Waals surface area contributed by atoms with Crippen molar-refractivity contribution in [1.29, 1.82) is 0 Å². The highest BCUT2D eigenvalue weighted by Gasteiger charge is 2.02. The maximum atomic E-state index is 11.4. The van der Waals surface area contributed by atoms with Crippen LogP contribution < -0.4 is 5.32 Å². The minimum absolute atomic E-state index is 0.0731. The summed E-state index contributed by atoms with van der Waals surface area (Å²) < 4.78 is 0. The van der Waals surface area contributed by atoms with Crippen molar-refractivity contribution in [3.05, 3.63) is 0 Å². The van der Waals surface area contributed by atoms with E-state index in [0.29, 0.717) is 13.0 Å². The Morgan fingerprint density at radius 2 is 1.23 bits per heavy atom. The summed E-state index contributed by atoms with van der Waals surface area (Å²) >= 11 is 0. The van der Waals surface area contributed by atoms with E-state index in [1.165, 1.54) is 70.6 Å². The van der Waals surface area contributed by atoms with Crippen molar-refractivity contribution >= 4 is 5.91 Å². The lowest BCUT2D eigenvalue weighted by Crippen LogP contribution is -2.30. The SMILES string of the molecule is CCCCCCCCCCCCCCCC(=O)NC[C@H](C)O. The van der Waals surface area contributed by atoms with Crippen LogP contribution in [-0.4, -0.2) is 23.7 Å². The molecule has 0 bridgehead atoms. The van der Waals surface area contributed by atoms with E-state index >= 15 is 0 Å². The van der Waals surface area contributed by atoms with Crippen molar-refractivity contribution in [3.63, 3.8) is 0 Å². The highest BCUT2D eigenvalue weighted by Crippen LogP contribution is 2.12. The molecule has 0 aromatic carbocycles. The molecule has 0 heterocycles. The summed E-state index contributed by atoms with van der Waals surface area (Å²) in [4.78, 5) is 11.4. The minimum Gasteiger partial charge on any atom is -0.392 e. The van der Waals surface area contributed by atoms with Crippen LogP contribution in [-0.2, 0) is 4.79 Å². The number of hydrogen-bond acceptors (Lipinski definition) is 2. The largest absolute Gasteiger partial charge is 0.392 e. The number of unbranched alkanes of at least 4 members (excludes halogenated alkanes) is 12. The van der Waals surface area contributed by atoms with Crippen LogP contribution in [0.15, 0.2) is 0 Å². The van der Waals surface area contributed by atoms with Crippen LogP contribution in [0, 0.1) is 0 Å². The highest BCUT2D eigenvalue weighted by molar-refractivity contribution is 5.75. The fraction of sp³-hybridized carbons (Fsp3) is 0.947. The highest BCUT2D eigenvalue weighted by atomic mass is 16.3. The molecule has 0 aliphatic rings. The average Bonchev–Trinajstić information content (AvgIpc) is 2.49. The van der Waals surface area contributed by atoms with E-state index < -0.39 is 6.10 Å². The van der Waals surface area contributed by atoms with Crippen LogP contribution in [0.3, 0.4) is 0 Å². The van der Waals surface area contributed by atoms with Gasteiger partial charge in [0, 0.05) is 13.0 Å². The van der Waals surface area contributed by atoms with E-state index in [-0.39, 0.29) is 5.91 Å². The monoisotopic (exact) mass is 313 g/mol. The van der Waals surface area contributed by atoms with Crippen LogP contribution in [0.1, 0.15) is 104 Å². The van der Waals surface area contributed by atoms with Crippen molar-refractivity contribution in [3.8, 4) is 0 Å². The molecule has 3 nitrogen and oxygen atoms in total. The second-order valence-corrected chi connectivity index (χ2v) is 6.65. The lowest BCUT2D eigenvalue weighted by molar-refractivity contribution is -0.121. The van der Waals surface area contributed by atoms with E-state index in [4.69, 9.17) is 5.11 Å². The Hall–Kier alpha value is -0.570. The average molecular weight is 314 g/mol. The van der Waals surface area contributed by atoms with Crippen LogP contribution in [0.2, 0.25) is 0 Å². The molecule has 0 rings (SSSR count). The predicted octanol–water partition coefficient (Wildman–Crippen LogP) is 4.96. The van der Waals surface area contributed by atoms with E-state index in [1.807, 2.05) is 0 Å². The number of aliphatic hydroxyl groups is 1. The molecule has 1 amide bonds. The molecule has 0 radical (unpaired) electrons. The minimum atomic E-state index is -0.449. The number of carbonyl (C=O) groups is 1. The van der Waals surface area contributed by atoms with Crippen LogP contribution >= 0.6 is 0 Å². The summed E-state index contributed by atoms with van der Waals surface area (Å²) in [7, 11) is 0. The number of aliphatic hydroxyl groups excluding tert-OH is 1. The van der Waals surface area contributed by atoms with Crippen molar-refractivity contribution in [2.75, 3.05) is 6.54 Å². The zero-order valence-electron chi connectivity index (χ0n) is 15.0. The summed E-state index contributed by atoms with van der Waals surface area (Å²) in [5, 5.41) is 11.8. The molecule has 0 aromatic rings. The summed E-state index contributed by atoms with van der Waals surface area (Å²) in [5.41, 5.74) is 0. The topological polar surface area (TPSA) is 49.3 Å². The first-order valence-corrected chi connectivity index (χ1v) is 9.61. The quantitative estimate of drug-likeness (QED) is 0.395. The molecule has 0 aliphatic heterocycles. The van der Waals surface area contributed by atoms with Crippen LogP contribution in [0.25, 0.3) is 0 Å². The molecule has 0 saturated heterocycles. The van der Waals surface area contributed by atoms with Gasteiger partial charge in [0.05, 0.1) is 6.10 Å². The van der Waals surface area contributed by atoms with E-state index in [9.17, 15) is 4.79 Å². The van der Waals surface area contributed by atoms with Gasteiger partial charge in [0.25, 0.3) is 0 Å². The van der Waals surface area contributed by atoms with Gasteiger partial charge < -0.3 is 10.4 Å². The van der Waals surface area contributed by atoms with Gasteiger partial charge >= 0.3 is 0 Å². The van der Waals surface area contributed by atoms with Crippen LogP contribution in [0.5, 0.6) is 0 Å². The number of nitrogens with one attached hydrogen (secondary N) is 1. The summed E-state index contributed by atoms with van der Waals surface area (Å²) in [6.45, 7) is 4.32. The maximum Gasteiger partial charge on any atom is 0.220 e. The Morgan fingerprint density at radius 3 is 1.64 bits per heavy atom. The van der Waals surface area contributed by atoms with E-state index in [0.717, 1.165) is 12.8 Å². The second kappa shape index (κ2) is 16.8. The van der Waals surface area contributed by atoms with Crippen molar-refractivity contribution in [2.45, 2.75) is 110 Å². The van der Waals surface area contributed by atoms with Gasteiger partial charge in [-0.3, -0.25) is 4.79 Å². The summed E-state index contributed by atoms with van der Waals surface area (Å²) in [5.74, 6) is 0.0731. The van der Waals surface area contributed by atoms with Gasteiger partial charge in [0.15, 0.2) is 0 Å². The number of rotatable bonds is 16. The van der Waals surface area contributed by atoms with Gasteiger partial charge in [0.1, 0.15) is 0 Å². The Balaban J connectivity index is 3.09. The third kappa shape index (κ3) is 17.5. The van der Waals surface area contributed by atoms with Gasteiger partial charge in [-0.05, 0) is 13.3 Å². The molecular formula is C19H39NO2. The van der Waals surface area contributed by atoms with Gasteiger partial charge in [0.2, 0.25) is 5.91 Å². The van der Waals surface area contributed by atoms with Crippen molar-refractivity contribution < 1.29 is 9.90 Å². The molecule has 0 spiro atoms. The van der Waals surface area contributed by atoms with Crippen molar-refractivity contribution in [1.82, 2.24) is 5.32 Å². The Labute approximate surface area is 138 Å². The second-order valence-electron chi connectivity index (χ2n) is 6.65. The Bertz CT molecular complexity index is 242. The molecule has 1 atom stereocenters. The first-order chi connectivity index (χ1) is 10.7. The summed E-state index contributed by atoms with van der Waals surface area (Å²) in [6, 6.07) is 0. The smallest absolute Gasteiger partial charge is 0.220 e. The fourth-order valence-electron chi connectivity index (χ4n) is 2.65. The first kappa shape index (κ1) is 21.4. The van der Waals surface area contributed by atoms with Gasteiger partial charge in [-0.2, -0.15) is 0 Å². The standard InChI is InChI=1S/C19H39NO2/c1-3-4-5-6-7-8-9-10-11-12-13-14-15-16-19(22)20-17-18(2)21/h18,21H,3-17H2,1-2H3,(H,20,22)/t18-/m0/s1.